The second-order valence-corrected chi connectivity index (χ2v) is 7.15. The molecule has 0 saturated carbocycles. The Balaban J connectivity index is 1.81. The molecule has 24 heavy (non-hydrogen) atoms. The van der Waals surface area contributed by atoms with Crippen LogP contribution in [-0.4, -0.2) is 38.7 Å². The van der Waals surface area contributed by atoms with Crippen molar-refractivity contribution in [1.29, 1.82) is 0 Å². The van der Waals surface area contributed by atoms with E-state index in [1.807, 2.05) is 0 Å². The average Bonchev–Trinajstić information content (AvgIpc) is 2.54. The fourth-order valence-electron chi connectivity index (χ4n) is 2.05. The molecule has 6 nitrogen and oxygen atoms in total. The molecule has 1 amide bonds. The first-order valence-corrected chi connectivity index (χ1v) is 9.20. The van der Waals surface area contributed by atoms with Crippen LogP contribution in [0.25, 0.3) is 0 Å². The van der Waals surface area contributed by atoms with Gasteiger partial charge in [0.1, 0.15) is 16.5 Å². The maximum atomic E-state index is 13.0. The molecule has 1 aromatic carbocycles. The van der Waals surface area contributed by atoms with Gasteiger partial charge in [-0.15, -0.1) is 0 Å². The van der Waals surface area contributed by atoms with Gasteiger partial charge in [-0.25, -0.2) is 17.8 Å². The van der Waals surface area contributed by atoms with E-state index in [1.54, 1.807) is 6.07 Å². The Hall–Kier alpha value is -2.48. The van der Waals surface area contributed by atoms with E-state index in [0.717, 1.165) is 6.26 Å². The summed E-state index contributed by atoms with van der Waals surface area (Å²) in [5.74, 6) is -0.534. The molecule has 0 aliphatic heterocycles. The van der Waals surface area contributed by atoms with Crippen LogP contribution in [-0.2, 0) is 9.84 Å². The summed E-state index contributed by atoms with van der Waals surface area (Å²) in [5, 5.41) is 5.61. The molecule has 0 atom stereocenters. The predicted molar refractivity (Wildman–Crippen MR) is 89.2 cm³/mol. The number of pyridine rings is 1. The van der Waals surface area contributed by atoms with Gasteiger partial charge in [-0.1, -0.05) is 6.07 Å². The van der Waals surface area contributed by atoms with Crippen LogP contribution in [0.4, 0.5) is 10.2 Å². The molecule has 0 aliphatic carbocycles. The summed E-state index contributed by atoms with van der Waals surface area (Å²) in [4.78, 5) is 16.0. The van der Waals surface area contributed by atoms with Gasteiger partial charge in [-0.05, 0) is 36.8 Å². The number of hydrogen-bond acceptors (Lipinski definition) is 5. The zero-order chi connectivity index (χ0) is 17.6. The lowest BCUT2D eigenvalue weighted by molar-refractivity contribution is 0.0953. The number of rotatable bonds is 7. The molecule has 1 aromatic heterocycles. The van der Waals surface area contributed by atoms with Crippen LogP contribution < -0.4 is 10.6 Å². The number of amides is 1. The first kappa shape index (κ1) is 17.9. The van der Waals surface area contributed by atoms with E-state index < -0.39 is 15.7 Å². The highest BCUT2D eigenvalue weighted by Crippen LogP contribution is 2.17. The van der Waals surface area contributed by atoms with Gasteiger partial charge in [-0.2, -0.15) is 0 Å². The lowest BCUT2D eigenvalue weighted by atomic mass is 10.2. The number of benzene rings is 1. The van der Waals surface area contributed by atoms with Crippen LogP contribution in [0, 0.1) is 5.82 Å². The number of carbonyl (C=O) groups excluding carboxylic acids is 1. The fourth-order valence-corrected chi connectivity index (χ4v) is 2.85. The molecule has 0 spiro atoms. The van der Waals surface area contributed by atoms with Crippen LogP contribution in [0.3, 0.4) is 0 Å². The van der Waals surface area contributed by atoms with Crippen molar-refractivity contribution in [2.75, 3.05) is 24.7 Å². The molecule has 1 heterocycles. The average molecular weight is 351 g/mol. The quantitative estimate of drug-likeness (QED) is 0.744. The highest BCUT2D eigenvalue weighted by Gasteiger charge is 2.13. The number of nitrogens with zero attached hydrogens (tertiary/aromatic N) is 1. The molecule has 0 radical (unpaired) electrons. The number of nitrogens with one attached hydrogen (secondary N) is 2. The van der Waals surface area contributed by atoms with E-state index in [2.05, 4.69) is 15.6 Å². The van der Waals surface area contributed by atoms with Gasteiger partial charge in [0.2, 0.25) is 0 Å². The molecule has 128 valence electrons. The van der Waals surface area contributed by atoms with E-state index in [1.165, 1.54) is 36.5 Å². The zero-order valence-electron chi connectivity index (χ0n) is 13.1. The number of carbonyl (C=O) groups is 1. The van der Waals surface area contributed by atoms with Gasteiger partial charge in [0.05, 0.1) is 0 Å². The van der Waals surface area contributed by atoms with Crippen molar-refractivity contribution in [2.45, 2.75) is 11.3 Å². The first-order chi connectivity index (χ1) is 11.4. The van der Waals surface area contributed by atoms with Crippen molar-refractivity contribution in [3.05, 3.63) is 54.0 Å². The third-order valence-electron chi connectivity index (χ3n) is 3.19. The minimum absolute atomic E-state index is 0.133. The SMILES string of the molecule is CS(=O)(=O)c1cccnc1NCCCNC(=O)c1cccc(F)c1. The van der Waals surface area contributed by atoms with Crippen molar-refractivity contribution in [2.24, 2.45) is 0 Å². The molecule has 2 N–H and O–H groups in total. The minimum Gasteiger partial charge on any atom is -0.369 e. The molecular formula is C16H18FN3O3S. The molecule has 0 aliphatic rings. The van der Waals surface area contributed by atoms with Crippen molar-refractivity contribution < 1.29 is 17.6 Å². The molecule has 0 unspecified atom stereocenters. The molecular weight excluding hydrogens is 333 g/mol. The third-order valence-corrected chi connectivity index (χ3v) is 4.32. The molecule has 0 bridgehead atoms. The fraction of sp³-hybridized carbons (Fsp3) is 0.250. The number of hydrogen-bond donors (Lipinski definition) is 2. The van der Waals surface area contributed by atoms with Crippen LogP contribution in [0.1, 0.15) is 16.8 Å². The van der Waals surface area contributed by atoms with Crippen LogP contribution in [0.15, 0.2) is 47.5 Å². The van der Waals surface area contributed by atoms with Gasteiger partial charge < -0.3 is 10.6 Å². The van der Waals surface area contributed by atoms with E-state index >= 15 is 0 Å². The standard InChI is InChI=1S/C16H18FN3O3S/c1-24(22,23)14-7-3-8-18-15(14)19-9-4-10-20-16(21)12-5-2-6-13(17)11-12/h2-3,5-8,11H,4,9-10H2,1H3,(H,18,19)(H,20,21). The van der Waals surface area contributed by atoms with Gasteiger partial charge >= 0.3 is 0 Å². The first-order valence-electron chi connectivity index (χ1n) is 7.30. The Kier molecular flexibility index (Phi) is 5.86. The second-order valence-electron chi connectivity index (χ2n) is 5.17. The van der Waals surface area contributed by atoms with Crippen molar-refractivity contribution >= 4 is 21.6 Å². The number of anilines is 1. The molecule has 0 fully saturated rings. The highest BCUT2D eigenvalue weighted by molar-refractivity contribution is 7.90. The predicted octanol–water partition coefficient (Wildman–Crippen LogP) is 1.86. The minimum atomic E-state index is -3.36. The largest absolute Gasteiger partial charge is 0.369 e. The summed E-state index contributed by atoms with van der Waals surface area (Å²) in [5.41, 5.74) is 0.257. The summed E-state index contributed by atoms with van der Waals surface area (Å²) in [7, 11) is -3.36. The summed E-state index contributed by atoms with van der Waals surface area (Å²) >= 11 is 0. The van der Waals surface area contributed by atoms with E-state index in [9.17, 15) is 17.6 Å². The molecule has 2 aromatic rings. The maximum Gasteiger partial charge on any atom is 0.251 e. The van der Waals surface area contributed by atoms with Crippen molar-refractivity contribution in [1.82, 2.24) is 10.3 Å². The van der Waals surface area contributed by atoms with Gasteiger partial charge in [0.15, 0.2) is 9.84 Å². The Morgan fingerprint density at radius 3 is 2.71 bits per heavy atom. The number of sulfone groups is 1. The maximum absolute atomic E-state index is 13.0. The summed E-state index contributed by atoms with van der Waals surface area (Å²) in [6.45, 7) is 0.798. The van der Waals surface area contributed by atoms with Crippen LogP contribution >= 0.6 is 0 Å². The summed E-state index contributed by atoms with van der Waals surface area (Å²) in [6.07, 6.45) is 3.18. The Bertz CT molecular complexity index is 825. The highest BCUT2D eigenvalue weighted by atomic mass is 32.2. The number of aromatic nitrogens is 1. The van der Waals surface area contributed by atoms with Crippen LogP contribution in [0.5, 0.6) is 0 Å². The van der Waals surface area contributed by atoms with E-state index in [-0.39, 0.29) is 22.2 Å². The lowest BCUT2D eigenvalue weighted by Gasteiger charge is -2.10. The van der Waals surface area contributed by atoms with Crippen molar-refractivity contribution in [3.8, 4) is 0 Å². The topological polar surface area (TPSA) is 88.2 Å². The normalized spacial score (nSPS) is 11.1. The Labute approximate surface area is 140 Å². The van der Waals surface area contributed by atoms with E-state index in [4.69, 9.17) is 0 Å². The van der Waals surface area contributed by atoms with E-state index in [0.29, 0.717) is 19.5 Å². The smallest absolute Gasteiger partial charge is 0.251 e. The Morgan fingerprint density at radius 1 is 1.21 bits per heavy atom. The summed E-state index contributed by atoms with van der Waals surface area (Å²) < 4.78 is 36.3. The molecule has 8 heteroatoms. The Morgan fingerprint density at radius 2 is 2.00 bits per heavy atom. The van der Waals surface area contributed by atoms with Gasteiger partial charge in [0.25, 0.3) is 5.91 Å². The van der Waals surface area contributed by atoms with Gasteiger partial charge in [0, 0.05) is 31.1 Å². The lowest BCUT2D eigenvalue weighted by Crippen LogP contribution is -2.26. The van der Waals surface area contributed by atoms with Crippen molar-refractivity contribution in [3.63, 3.8) is 0 Å². The third kappa shape index (κ3) is 5.02. The van der Waals surface area contributed by atoms with Gasteiger partial charge in [-0.3, -0.25) is 4.79 Å². The van der Waals surface area contributed by atoms with Crippen LogP contribution in [0.2, 0.25) is 0 Å². The zero-order valence-corrected chi connectivity index (χ0v) is 13.9. The summed E-state index contributed by atoms with van der Waals surface area (Å²) in [6, 6.07) is 8.48. The molecule has 0 saturated heterocycles. The molecule has 2 rings (SSSR count). The monoisotopic (exact) mass is 351 g/mol. The number of halogens is 1. The second kappa shape index (κ2) is 7.87.